The summed E-state index contributed by atoms with van der Waals surface area (Å²) in [6, 6.07) is 1.93. The standard InChI is InChI=1S/C12H17N3O2/c1-9-11(7-16)12(15(3)13-9)14(2)6-10-4-5-17-8-10/h4-5,8,16H,6-7H2,1-3H3. The number of rotatable bonds is 4. The van der Waals surface area contributed by atoms with Crippen molar-refractivity contribution >= 4 is 5.82 Å². The van der Waals surface area contributed by atoms with Gasteiger partial charge >= 0.3 is 0 Å². The SMILES string of the molecule is Cc1nn(C)c(N(C)Cc2ccoc2)c1CO. The Morgan fingerprint density at radius 1 is 1.53 bits per heavy atom. The minimum absolute atomic E-state index is 0.00470. The van der Waals surface area contributed by atoms with E-state index < -0.39 is 0 Å². The van der Waals surface area contributed by atoms with E-state index >= 15 is 0 Å². The third-order valence-electron chi connectivity index (χ3n) is 2.83. The molecule has 0 aliphatic rings. The van der Waals surface area contributed by atoms with Crippen LogP contribution in [0.15, 0.2) is 23.0 Å². The lowest BCUT2D eigenvalue weighted by molar-refractivity contribution is 0.281. The molecule has 0 saturated carbocycles. The van der Waals surface area contributed by atoms with Gasteiger partial charge < -0.3 is 14.4 Å². The van der Waals surface area contributed by atoms with Gasteiger partial charge in [0, 0.05) is 31.8 Å². The third-order valence-corrected chi connectivity index (χ3v) is 2.83. The van der Waals surface area contributed by atoms with Gasteiger partial charge in [-0.15, -0.1) is 0 Å². The van der Waals surface area contributed by atoms with Crippen LogP contribution in [0.1, 0.15) is 16.8 Å². The molecule has 0 aliphatic heterocycles. The van der Waals surface area contributed by atoms with Gasteiger partial charge in [-0.3, -0.25) is 4.68 Å². The lowest BCUT2D eigenvalue weighted by Gasteiger charge is -2.19. The Hall–Kier alpha value is -1.75. The van der Waals surface area contributed by atoms with Crippen LogP contribution in [-0.4, -0.2) is 21.9 Å². The molecule has 5 nitrogen and oxygen atoms in total. The number of anilines is 1. The van der Waals surface area contributed by atoms with Crippen LogP contribution >= 0.6 is 0 Å². The van der Waals surface area contributed by atoms with Crippen LogP contribution < -0.4 is 4.90 Å². The van der Waals surface area contributed by atoms with E-state index in [9.17, 15) is 5.11 Å². The van der Waals surface area contributed by atoms with Gasteiger partial charge in [-0.25, -0.2) is 0 Å². The van der Waals surface area contributed by atoms with E-state index in [-0.39, 0.29) is 6.61 Å². The summed E-state index contributed by atoms with van der Waals surface area (Å²) in [6.45, 7) is 2.63. The lowest BCUT2D eigenvalue weighted by atomic mass is 10.2. The molecule has 17 heavy (non-hydrogen) atoms. The van der Waals surface area contributed by atoms with Gasteiger partial charge in [-0.05, 0) is 13.0 Å². The average Bonchev–Trinajstić information content (AvgIpc) is 2.85. The zero-order valence-electron chi connectivity index (χ0n) is 10.3. The minimum Gasteiger partial charge on any atom is -0.472 e. The maximum absolute atomic E-state index is 9.39. The maximum atomic E-state index is 9.39. The van der Waals surface area contributed by atoms with Crippen LogP contribution in [0.5, 0.6) is 0 Å². The van der Waals surface area contributed by atoms with Gasteiger partial charge in [0.2, 0.25) is 0 Å². The fourth-order valence-electron chi connectivity index (χ4n) is 2.08. The van der Waals surface area contributed by atoms with Crippen molar-refractivity contribution in [2.45, 2.75) is 20.1 Å². The molecule has 5 heteroatoms. The first kappa shape index (κ1) is 11.7. The second kappa shape index (κ2) is 4.63. The number of aliphatic hydroxyl groups is 1. The molecule has 2 rings (SSSR count). The van der Waals surface area contributed by atoms with Crippen LogP contribution in [0.3, 0.4) is 0 Å². The zero-order chi connectivity index (χ0) is 12.4. The molecule has 0 fully saturated rings. The molecule has 2 heterocycles. The van der Waals surface area contributed by atoms with Gasteiger partial charge in [0.1, 0.15) is 5.82 Å². The number of hydrogen-bond donors (Lipinski definition) is 1. The first-order chi connectivity index (χ1) is 8.13. The molecule has 0 aromatic carbocycles. The Morgan fingerprint density at radius 3 is 2.88 bits per heavy atom. The predicted molar refractivity (Wildman–Crippen MR) is 64.7 cm³/mol. The summed E-state index contributed by atoms with van der Waals surface area (Å²) in [5.41, 5.74) is 2.83. The second-order valence-electron chi connectivity index (χ2n) is 4.16. The van der Waals surface area contributed by atoms with Crippen molar-refractivity contribution in [1.29, 1.82) is 0 Å². The largest absolute Gasteiger partial charge is 0.472 e. The van der Waals surface area contributed by atoms with Crippen LogP contribution in [-0.2, 0) is 20.2 Å². The van der Waals surface area contributed by atoms with Gasteiger partial charge in [0.15, 0.2) is 0 Å². The topological polar surface area (TPSA) is 54.4 Å². The number of aliphatic hydroxyl groups excluding tert-OH is 1. The van der Waals surface area contributed by atoms with E-state index in [1.54, 1.807) is 17.2 Å². The molecule has 0 bridgehead atoms. The van der Waals surface area contributed by atoms with E-state index in [1.165, 1.54) is 0 Å². The van der Waals surface area contributed by atoms with Crippen molar-refractivity contribution in [3.63, 3.8) is 0 Å². The van der Waals surface area contributed by atoms with Gasteiger partial charge in [-0.1, -0.05) is 0 Å². The number of aryl methyl sites for hydroxylation is 2. The highest BCUT2D eigenvalue weighted by Gasteiger charge is 2.16. The molecule has 0 amide bonds. The average molecular weight is 235 g/mol. The van der Waals surface area contributed by atoms with Crippen LogP contribution in [0.2, 0.25) is 0 Å². The maximum Gasteiger partial charge on any atom is 0.132 e. The van der Waals surface area contributed by atoms with E-state index in [2.05, 4.69) is 10.00 Å². The zero-order valence-corrected chi connectivity index (χ0v) is 10.3. The monoisotopic (exact) mass is 235 g/mol. The first-order valence-electron chi connectivity index (χ1n) is 5.49. The summed E-state index contributed by atoms with van der Waals surface area (Å²) in [5.74, 6) is 0.936. The molecule has 92 valence electrons. The normalized spacial score (nSPS) is 10.8. The summed E-state index contributed by atoms with van der Waals surface area (Å²) in [4.78, 5) is 2.05. The summed E-state index contributed by atoms with van der Waals surface area (Å²) in [7, 11) is 3.86. The van der Waals surface area contributed by atoms with Crippen molar-refractivity contribution < 1.29 is 9.52 Å². The Labute approximate surface area is 100 Å². The summed E-state index contributed by atoms with van der Waals surface area (Å²) >= 11 is 0. The van der Waals surface area contributed by atoms with E-state index in [4.69, 9.17) is 4.42 Å². The Kier molecular flexibility index (Phi) is 3.19. The molecule has 1 N–H and O–H groups in total. The van der Waals surface area contributed by atoms with E-state index in [0.717, 1.165) is 29.2 Å². The minimum atomic E-state index is 0.00470. The fourth-order valence-corrected chi connectivity index (χ4v) is 2.08. The molecule has 0 radical (unpaired) electrons. The number of furan rings is 1. The predicted octanol–water partition coefficient (Wildman–Crippen LogP) is 1.45. The van der Waals surface area contributed by atoms with Crippen LogP contribution in [0.4, 0.5) is 5.82 Å². The number of aromatic nitrogens is 2. The summed E-state index contributed by atoms with van der Waals surface area (Å²) < 4.78 is 6.84. The molecule has 0 spiro atoms. The van der Waals surface area contributed by atoms with Gasteiger partial charge in [-0.2, -0.15) is 5.10 Å². The fraction of sp³-hybridized carbons (Fsp3) is 0.417. The van der Waals surface area contributed by atoms with Gasteiger partial charge in [0.25, 0.3) is 0 Å². The highest BCUT2D eigenvalue weighted by molar-refractivity contribution is 5.49. The van der Waals surface area contributed by atoms with E-state index in [0.29, 0.717) is 0 Å². The van der Waals surface area contributed by atoms with Crippen molar-refractivity contribution in [3.05, 3.63) is 35.4 Å². The molecular formula is C12H17N3O2. The second-order valence-corrected chi connectivity index (χ2v) is 4.16. The van der Waals surface area contributed by atoms with Crippen LogP contribution in [0, 0.1) is 6.92 Å². The summed E-state index contributed by atoms with van der Waals surface area (Å²) in [6.07, 6.45) is 3.38. The van der Waals surface area contributed by atoms with Crippen molar-refractivity contribution in [2.75, 3.05) is 11.9 Å². The lowest BCUT2D eigenvalue weighted by Crippen LogP contribution is -2.20. The highest BCUT2D eigenvalue weighted by Crippen LogP contribution is 2.23. The van der Waals surface area contributed by atoms with Crippen molar-refractivity contribution in [1.82, 2.24) is 9.78 Å². The summed E-state index contributed by atoms with van der Waals surface area (Å²) in [5, 5.41) is 13.7. The molecular weight excluding hydrogens is 218 g/mol. The number of hydrogen-bond acceptors (Lipinski definition) is 4. The molecule has 0 unspecified atom stereocenters. The smallest absolute Gasteiger partial charge is 0.132 e. The van der Waals surface area contributed by atoms with Crippen molar-refractivity contribution in [2.24, 2.45) is 7.05 Å². The first-order valence-corrected chi connectivity index (χ1v) is 5.49. The number of nitrogens with zero attached hydrogens (tertiary/aromatic N) is 3. The Balaban J connectivity index is 2.27. The van der Waals surface area contributed by atoms with Gasteiger partial charge in [0.05, 0.1) is 24.8 Å². The Morgan fingerprint density at radius 2 is 2.29 bits per heavy atom. The van der Waals surface area contributed by atoms with Crippen molar-refractivity contribution in [3.8, 4) is 0 Å². The van der Waals surface area contributed by atoms with Crippen LogP contribution in [0.25, 0.3) is 0 Å². The molecule has 0 aliphatic carbocycles. The molecule has 2 aromatic rings. The Bertz CT molecular complexity index is 488. The molecule has 2 aromatic heterocycles. The molecule has 0 saturated heterocycles. The molecule has 0 atom stereocenters. The van der Waals surface area contributed by atoms with E-state index in [1.807, 2.05) is 27.1 Å². The highest BCUT2D eigenvalue weighted by atomic mass is 16.3. The quantitative estimate of drug-likeness (QED) is 0.871. The third kappa shape index (κ3) is 2.19.